The lowest BCUT2D eigenvalue weighted by Gasteiger charge is -2.16. The summed E-state index contributed by atoms with van der Waals surface area (Å²) < 4.78 is 86.2. The summed E-state index contributed by atoms with van der Waals surface area (Å²) in [5, 5.41) is 0. The molecule has 0 amide bonds. The van der Waals surface area contributed by atoms with E-state index in [1.54, 1.807) is 0 Å². The van der Waals surface area contributed by atoms with Gasteiger partial charge in [0.05, 0.1) is 12.0 Å². The Hall–Kier alpha value is -1.31. The molecule has 0 heterocycles. The van der Waals surface area contributed by atoms with Gasteiger partial charge in [0.25, 0.3) is 0 Å². The lowest BCUT2D eigenvalue weighted by molar-refractivity contribution is -0.138. The maximum Gasteiger partial charge on any atom is 0.416 e. The normalized spacial score (nSPS) is 14.7. The summed E-state index contributed by atoms with van der Waals surface area (Å²) in [7, 11) is 0. The van der Waals surface area contributed by atoms with E-state index < -0.39 is 41.8 Å². The predicted molar refractivity (Wildman–Crippen MR) is 49.0 cm³/mol. The van der Waals surface area contributed by atoms with E-state index in [4.69, 9.17) is 5.73 Å². The fourth-order valence-electron chi connectivity index (χ4n) is 1.36. The number of benzene rings is 1. The van der Waals surface area contributed by atoms with E-state index in [0.717, 1.165) is 0 Å². The lowest BCUT2D eigenvalue weighted by atomic mass is 10.0. The molecule has 1 atom stereocenters. The minimum Gasteiger partial charge on any atom is -0.324 e. The van der Waals surface area contributed by atoms with Crippen molar-refractivity contribution in [1.29, 1.82) is 0 Å². The van der Waals surface area contributed by atoms with E-state index in [2.05, 4.69) is 0 Å². The third kappa shape index (κ3) is 3.86. The second-order valence-corrected chi connectivity index (χ2v) is 3.66. The van der Waals surface area contributed by atoms with Gasteiger partial charge in [0.1, 0.15) is 5.82 Å². The second kappa shape index (κ2) is 4.75. The van der Waals surface area contributed by atoms with Crippen LogP contribution in [0.5, 0.6) is 0 Å². The zero-order valence-corrected chi connectivity index (χ0v) is 8.74. The van der Waals surface area contributed by atoms with Crippen LogP contribution in [-0.4, -0.2) is 6.18 Å². The maximum atomic E-state index is 13.2. The predicted octanol–water partition coefficient (Wildman–Crippen LogP) is 3.80. The SMILES string of the molecule is N[C@H](CC(F)(F)F)c1cc(C(F)(F)F)ccc1F. The van der Waals surface area contributed by atoms with Crippen LogP contribution in [0.25, 0.3) is 0 Å². The standard InChI is InChI=1S/C10H8F7N/c11-7-2-1-5(10(15,16)17)3-6(7)8(18)4-9(12,13)14/h1-3,8H,4,18H2/t8-/m1/s1. The molecule has 0 saturated heterocycles. The molecule has 102 valence electrons. The van der Waals surface area contributed by atoms with Crippen LogP contribution in [0.15, 0.2) is 18.2 Å². The fourth-order valence-corrected chi connectivity index (χ4v) is 1.36. The molecule has 8 heteroatoms. The highest BCUT2D eigenvalue weighted by Crippen LogP contribution is 2.34. The highest BCUT2D eigenvalue weighted by atomic mass is 19.4. The number of halogens is 7. The number of nitrogens with two attached hydrogens (primary N) is 1. The Kier molecular flexibility index (Phi) is 3.89. The van der Waals surface area contributed by atoms with Crippen LogP contribution >= 0.6 is 0 Å². The van der Waals surface area contributed by atoms with Crippen molar-refractivity contribution in [2.45, 2.75) is 24.8 Å². The first-order valence-corrected chi connectivity index (χ1v) is 4.69. The molecule has 0 aliphatic rings. The fraction of sp³-hybridized carbons (Fsp3) is 0.400. The Morgan fingerprint density at radius 2 is 1.61 bits per heavy atom. The van der Waals surface area contributed by atoms with Crippen LogP contribution in [-0.2, 0) is 6.18 Å². The second-order valence-electron chi connectivity index (χ2n) is 3.66. The molecule has 0 saturated carbocycles. The Morgan fingerprint density at radius 1 is 1.06 bits per heavy atom. The summed E-state index contributed by atoms with van der Waals surface area (Å²) in [5.74, 6) is -1.19. The van der Waals surface area contributed by atoms with Crippen molar-refractivity contribution < 1.29 is 30.7 Å². The summed E-state index contributed by atoms with van der Waals surface area (Å²) >= 11 is 0. The molecule has 18 heavy (non-hydrogen) atoms. The van der Waals surface area contributed by atoms with Gasteiger partial charge in [-0.1, -0.05) is 0 Å². The van der Waals surface area contributed by atoms with Crippen molar-refractivity contribution in [2.75, 3.05) is 0 Å². The van der Waals surface area contributed by atoms with Gasteiger partial charge in [-0.15, -0.1) is 0 Å². The van der Waals surface area contributed by atoms with Crippen LogP contribution in [0.3, 0.4) is 0 Å². The number of alkyl halides is 6. The summed E-state index contributed by atoms with van der Waals surface area (Å²) in [4.78, 5) is 0. The first kappa shape index (κ1) is 14.7. The van der Waals surface area contributed by atoms with Crippen molar-refractivity contribution in [1.82, 2.24) is 0 Å². The minimum atomic E-state index is -4.76. The molecule has 1 nitrogen and oxygen atoms in total. The molecule has 1 aromatic rings. The van der Waals surface area contributed by atoms with Crippen molar-refractivity contribution in [3.8, 4) is 0 Å². The van der Waals surface area contributed by atoms with Crippen LogP contribution in [0.4, 0.5) is 30.7 Å². The van der Waals surface area contributed by atoms with Crippen LogP contribution in [0.2, 0.25) is 0 Å². The summed E-state index contributed by atoms with van der Waals surface area (Å²) in [6.45, 7) is 0. The first-order chi connectivity index (χ1) is 8.00. The van der Waals surface area contributed by atoms with Gasteiger partial charge < -0.3 is 5.73 Å². The molecular weight excluding hydrogens is 267 g/mol. The van der Waals surface area contributed by atoms with Crippen molar-refractivity contribution in [2.24, 2.45) is 5.73 Å². The van der Waals surface area contributed by atoms with E-state index in [0.29, 0.717) is 18.2 Å². The Morgan fingerprint density at radius 3 is 2.06 bits per heavy atom. The van der Waals surface area contributed by atoms with Crippen molar-refractivity contribution in [3.05, 3.63) is 35.1 Å². The molecule has 0 unspecified atom stereocenters. The molecule has 0 aromatic heterocycles. The molecule has 0 aliphatic carbocycles. The van der Waals surface area contributed by atoms with E-state index in [-0.39, 0.29) is 0 Å². The molecule has 0 spiro atoms. The topological polar surface area (TPSA) is 26.0 Å². The number of hydrogen-bond acceptors (Lipinski definition) is 1. The molecule has 0 bridgehead atoms. The summed E-state index contributed by atoms with van der Waals surface area (Å²) in [6, 6.07) is -0.675. The van der Waals surface area contributed by atoms with E-state index in [1.165, 1.54) is 0 Å². The Bertz CT molecular complexity index is 421. The van der Waals surface area contributed by atoms with Gasteiger partial charge in [0.15, 0.2) is 0 Å². The average molecular weight is 275 g/mol. The minimum absolute atomic E-state index is 0.297. The average Bonchev–Trinajstić information content (AvgIpc) is 2.13. The molecule has 0 fully saturated rings. The van der Waals surface area contributed by atoms with Gasteiger partial charge in [-0.25, -0.2) is 4.39 Å². The van der Waals surface area contributed by atoms with Gasteiger partial charge >= 0.3 is 12.4 Å². The van der Waals surface area contributed by atoms with E-state index in [1.807, 2.05) is 0 Å². The van der Waals surface area contributed by atoms with Gasteiger partial charge in [-0.05, 0) is 18.2 Å². The van der Waals surface area contributed by atoms with E-state index >= 15 is 0 Å². The van der Waals surface area contributed by atoms with Crippen molar-refractivity contribution >= 4 is 0 Å². The van der Waals surface area contributed by atoms with Gasteiger partial charge in [-0.2, -0.15) is 26.3 Å². The maximum absolute atomic E-state index is 13.2. The lowest BCUT2D eigenvalue weighted by Crippen LogP contribution is -2.21. The quantitative estimate of drug-likeness (QED) is 0.816. The van der Waals surface area contributed by atoms with Gasteiger partial charge in [0, 0.05) is 11.6 Å². The highest BCUT2D eigenvalue weighted by Gasteiger charge is 2.35. The first-order valence-electron chi connectivity index (χ1n) is 4.69. The molecule has 2 N–H and O–H groups in total. The summed E-state index contributed by atoms with van der Waals surface area (Å²) in [6.07, 6.45) is -11.0. The molecule has 1 rings (SSSR count). The Labute approximate surface area is 97.4 Å². The van der Waals surface area contributed by atoms with Crippen LogP contribution < -0.4 is 5.73 Å². The van der Waals surface area contributed by atoms with Crippen molar-refractivity contribution in [3.63, 3.8) is 0 Å². The monoisotopic (exact) mass is 275 g/mol. The highest BCUT2D eigenvalue weighted by molar-refractivity contribution is 5.29. The molecule has 0 aliphatic heterocycles. The molecular formula is C10H8F7N. The summed E-state index contributed by atoms with van der Waals surface area (Å²) in [5.41, 5.74) is 3.02. The zero-order valence-electron chi connectivity index (χ0n) is 8.74. The van der Waals surface area contributed by atoms with Gasteiger partial charge in [0.2, 0.25) is 0 Å². The largest absolute Gasteiger partial charge is 0.416 e. The Balaban J connectivity index is 3.08. The number of rotatable bonds is 2. The van der Waals surface area contributed by atoms with Crippen LogP contribution in [0.1, 0.15) is 23.6 Å². The van der Waals surface area contributed by atoms with Crippen LogP contribution in [0, 0.1) is 5.82 Å². The van der Waals surface area contributed by atoms with Gasteiger partial charge in [-0.3, -0.25) is 0 Å². The smallest absolute Gasteiger partial charge is 0.324 e. The number of hydrogen-bond donors (Lipinski definition) is 1. The third-order valence-electron chi connectivity index (χ3n) is 2.17. The zero-order chi connectivity index (χ0) is 14.1. The molecule has 0 radical (unpaired) electrons. The molecule has 1 aromatic carbocycles. The third-order valence-corrected chi connectivity index (χ3v) is 2.17. The van der Waals surface area contributed by atoms with E-state index in [9.17, 15) is 30.7 Å².